The summed E-state index contributed by atoms with van der Waals surface area (Å²) in [7, 11) is 0. The lowest BCUT2D eigenvalue weighted by molar-refractivity contribution is 0.0997. The van der Waals surface area contributed by atoms with Crippen molar-refractivity contribution in [1.29, 1.82) is 0 Å². The van der Waals surface area contributed by atoms with Gasteiger partial charge in [-0.3, -0.25) is 0 Å². The van der Waals surface area contributed by atoms with E-state index in [1.165, 1.54) is 0 Å². The average molecular weight is 145 g/mol. The fourth-order valence-electron chi connectivity index (χ4n) is 1.13. The van der Waals surface area contributed by atoms with Crippen molar-refractivity contribution in [1.82, 2.24) is 0 Å². The highest BCUT2D eigenvalue weighted by atomic mass is 16.3. The molecule has 0 spiro atoms. The lowest BCUT2D eigenvalue weighted by Gasteiger charge is -2.18. The molecular weight excluding hydrogens is 126 g/mol. The molecule has 0 saturated carbocycles. The minimum Gasteiger partial charge on any atom is -0.393 e. The minimum atomic E-state index is -0.181. The summed E-state index contributed by atoms with van der Waals surface area (Å²) in [4.78, 5) is 0. The fraction of sp³-hybridized carbons (Fsp3) is 1.00. The first-order valence-electron chi connectivity index (χ1n) is 4.14. The maximum atomic E-state index is 9.43. The summed E-state index contributed by atoms with van der Waals surface area (Å²) in [5.41, 5.74) is 5.45. The van der Waals surface area contributed by atoms with E-state index in [1.54, 1.807) is 0 Å². The van der Waals surface area contributed by atoms with E-state index >= 15 is 0 Å². The lowest BCUT2D eigenvalue weighted by Crippen LogP contribution is -2.26. The van der Waals surface area contributed by atoms with Crippen LogP contribution in [-0.2, 0) is 0 Å². The van der Waals surface area contributed by atoms with Crippen molar-refractivity contribution in [3.05, 3.63) is 0 Å². The predicted molar refractivity (Wildman–Crippen MR) is 43.8 cm³/mol. The van der Waals surface area contributed by atoms with Gasteiger partial charge in [0.15, 0.2) is 0 Å². The summed E-state index contributed by atoms with van der Waals surface area (Å²) >= 11 is 0. The normalized spacial score (nSPS) is 16.8. The maximum absolute atomic E-state index is 9.43. The van der Waals surface area contributed by atoms with Gasteiger partial charge in [-0.25, -0.2) is 0 Å². The summed E-state index contributed by atoms with van der Waals surface area (Å²) in [6, 6.07) is 0. The molecule has 0 aliphatic heterocycles. The number of hydrogen-bond acceptors (Lipinski definition) is 2. The Kier molecular flexibility index (Phi) is 5.64. The van der Waals surface area contributed by atoms with E-state index in [-0.39, 0.29) is 6.10 Å². The van der Waals surface area contributed by atoms with E-state index in [2.05, 4.69) is 13.8 Å². The van der Waals surface area contributed by atoms with Crippen LogP contribution in [0.2, 0.25) is 0 Å². The number of hydrogen-bond donors (Lipinski definition) is 2. The maximum Gasteiger partial charge on any atom is 0.0580 e. The monoisotopic (exact) mass is 145 g/mol. The van der Waals surface area contributed by atoms with Crippen molar-refractivity contribution in [2.45, 2.75) is 39.2 Å². The Morgan fingerprint density at radius 2 is 2.00 bits per heavy atom. The molecule has 0 aromatic rings. The van der Waals surface area contributed by atoms with Gasteiger partial charge in [0.05, 0.1) is 6.10 Å². The molecule has 2 atom stereocenters. The number of aliphatic hydroxyl groups excluding tert-OH is 1. The Labute approximate surface area is 63.4 Å². The van der Waals surface area contributed by atoms with Gasteiger partial charge in [-0.1, -0.05) is 20.3 Å². The zero-order chi connectivity index (χ0) is 7.98. The Bertz CT molecular complexity index is 71.7. The second-order valence-electron chi connectivity index (χ2n) is 2.76. The van der Waals surface area contributed by atoms with E-state index in [0.29, 0.717) is 12.5 Å². The molecular formula is C8H19NO. The van der Waals surface area contributed by atoms with Crippen LogP contribution in [0.3, 0.4) is 0 Å². The van der Waals surface area contributed by atoms with Gasteiger partial charge in [0.2, 0.25) is 0 Å². The summed E-state index contributed by atoms with van der Waals surface area (Å²) in [5.74, 6) is 0.306. The zero-order valence-corrected chi connectivity index (χ0v) is 7.01. The molecule has 2 heteroatoms. The predicted octanol–water partition coefficient (Wildman–Crippen LogP) is 1.13. The van der Waals surface area contributed by atoms with Crippen molar-refractivity contribution in [3.8, 4) is 0 Å². The zero-order valence-electron chi connectivity index (χ0n) is 7.01. The van der Waals surface area contributed by atoms with E-state index in [0.717, 1.165) is 19.3 Å². The SMILES string of the molecule is CCCC(O)[C@H](CC)CN. The highest BCUT2D eigenvalue weighted by Gasteiger charge is 2.13. The molecule has 0 fully saturated rings. The van der Waals surface area contributed by atoms with Crippen LogP contribution in [0.25, 0.3) is 0 Å². The first-order valence-corrected chi connectivity index (χ1v) is 4.14. The Hall–Kier alpha value is -0.0800. The molecule has 3 N–H and O–H groups in total. The van der Waals surface area contributed by atoms with Crippen LogP contribution < -0.4 is 5.73 Å². The molecule has 0 aliphatic carbocycles. The van der Waals surface area contributed by atoms with Gasteiger partial charge in [0.25, 0.3) is 0 Å². The second-order valence-corrected chi connectivity index (χ2v) is 2.76. The first kappa shape index (κ1) is 9.92. The van der Waals surface area contributed by atoms with Gasteiger partial charge in [-0.05, 0) is 25.3 Å². The van der Waals surface area contributed by atoms with Crippen molar-refractivity contribution < 1.29 is 5.11 Å². The van der Waals surface area contributed by atoms with Gasteiger partial charge in [-0.2, -0.15) is 0 Å². The molecule has 0 radical (unpaired) electrons. The largest absolute Gasteiger partial charge is 0.393 e. The molecule has 2 nitrogen and oxygen atoms in total. The standard InChI is InChI=1S/C8H19NO/c1-3-5-8(10)7(4-2)6-9/h7-8,10H,3-6,9H2,1-2H3/t7-,8?/m1/s1. The lowest BCUT2D eigenvalue weighted by atomic mass is 9.96. The molecule has 0 aliphatic rings. The number of aliphatic hydroxyl groups is 1. The topological polar surface area (TPSA) is 46.2 Å². The molecule has 62 valence electrons. The second kappa shape index (κ2) is 5.69. The molecule has 0 aromatic carbocycles. The number of rotatable bonds is 5. The highest BCUT2D eigenvalue weighted by Crippen LogP contribution is 2.11. The summed E-state index contributed by atoms with van der Waals surface area (Å²) in [5, 5.41) is 9.43. The summed E-state index contributed by atoms with van der Waals surface area (Å²) < 4.78 is 0. The van der Waals surface area contributed by atoms with Crippen LogP contribution in [0.1, 0.15) is 33.1 Å². The van der Waals surface area contributed by atoms with Gasteiger partial charge in [0.1, 0.15) is 0 Å². The van der Waals surface area contributed by atoms with Crippen LogP contribution in [0.5, 0.6) is 0 Å². The van der Waals surface area contributed by atoms with Crippen molar-refractivity contribution in [2.75, 3.05) is 6.54 Å². The van der Waals surface area contributed by atoms with Gasteiger partial charge in [0, 0.05) is 0 Å². The molecule has 0 rings (SSSR count). The third-order valence-corrected chi connectivity index (χ3v) is 1.96. The van der Waals surface area contributed by atoms with Crippen LogP contribution in [0, 0.1) is 5.92 Å². The first-order chi connectivity index (χ1) is 4.76. The average Bonchev–Trinajstić information content (AvgIpc) is 1.91. The highest BCUT2D eigenvalue weighted by molar-refractivity contribution is 4.67. The molecule has 1 unspecified atom stereocenters. The Morgan fingerprint density at radius 3 is 2.30 bits per heavy atom. The fourth-order valence-corrected chi connectivity index (χ4v) is 1.13. The van der Waals surface area contributed by atoms with Crippen molar-refractivity contribution >= 4 is 0 Å². The quantitative estimate of drug-likeness (QED) is 0.609. The minimum absolute atomic E-state index is 0.181. The van der Waals surface area contributed by atoms with Crippen LogP contribution in [-0.4, -0.2) is 17.8 Å². The van der Waals surface area contributed by atoms with E-state index in [9.17, 15) is 5.11 Å². The Balaban J connectivity index is 3.53. The van der Waals surface area contributed by atoms with Gasteiger partial charge < -0.3 is 10.8 Å². The molecule has 0 heterocycles. The van der Waals surface area contributed by atoms with Crippen molar-refractivity contribution in [2.24, 2.45) is 11.7 Å². The smallest absolute Gasteiger partial charge is 0.0580 e. The van der Waals surface area contributed by atoms with Crippen LogP contribution in [0.15, 0.2) is 0 Å². The molecule has 0 amide bonds. The van der Waals surface area contributed by atoms with Crippen LogP contribution in [0.4, 0.5) is 0 Å². The summed E-state index contributed by atoms with van der Waals surface area (Å²) in [6.45, 7) is 4.75. The molecule has 10 heavy (non-hydrogen) atoms. The van der Waals surface area contributed by atoms with Gasteiger partial charge in [-0.15, -0.1) is 0 Å². The third-order valence-electron chi connectivity index (χ3n) is 1.96. The Morgan fingerprint density at radius 1 is 1.40 bits per heavy atom. The summed E-state index contributed by atoms with van der Waals surface area (Å²) in [6.07, 6.45) is 2.73. The van der Waals surface area contributed by atoms with Crippen molar-refractivity contribution in [3.63, 3.8) is 0 Å². The van der Waals surface area contributed by atoms with E-state index < -0.39 is 0 Å². The molecule has 0 bridgehead atoms. The van der Waals surface area contributed by atoms with E-state index in [1.807, 2.05) is 0 Å². The third kappa shape index (κ3) is 3.18. The van der Waals surface area contributed by atoms with Crippen LogP contribution >= 0.6 is 0 Å². The van der Waals surface area contributed by atoms with E-state index in [4.69, 9.17) is 5.73 Å². The molecule has 0 aromatic heterocycles. The number of nitrogens with two attached hydrogens (primary N) is 1. The van der Waals surface area contributed by atoms with Gasteiger partial charge >= 0.3 is 0 Å². The molecule has 0 saturated heterocycles.